The van der Waals surface area contributed by atoms with Crippen molar-refractivity contribution in [2.45, 2.75) is 12.8 Å². The van der Waals surface area contributed by atoms with Crippen LogP contribution in [0, 0.1) is 3.57 Å². The molecule has 5 heteroatoms. The van der Waals surface area contributed by atoms with Gasteiger partial charge in [0.05, 0.1) is 3.57 Å². The Hall–Kier alpha value is -1.08. The van der Waals surface area contributed by atoms with E-state index in [0.717, 1.165) is 29.5 Å². The molecular formula is C14H17IN2O2. The minimum Gasteiger partial charge on any atom is -0.507 e. The highest BCUT2D eigenvalue weighted by molar-refractivity contribution is 14.1. The highest BCUT2D eigenvalue weighted by Crippen LogP contribution is 2.20. The number of carbonyl (C=O) groups excluding carboxylic acids is 1. The summed E-state index contributed by atoms with van der Waals surface area (Å²) in [6, 6.07) is 4.96. The van der Waals surface area contributed by atoms with Gasteiger partial charge in [0.2, 0.25) is 0 Å². The smallest absolute Gasteiger partial charge is 0.251 e. The number of hydrogen-bond donors (Lipinski definition) is 3. The normalized spacial score (nSPS) is 14.9. The second kappa shape index (κ2) is 6.91. The molecule has 4 nitrogen and oxygen atoms in total. The Bertz CT molecular complexity index is 500. The summed E-state index contributed by atoms with van der Waals surface area (Å²) >= 11 is 2.03. The maximum Gasteiger partial charge on any atom is 0.251 e. The van der Waals surface area contributed by atoms with Crippen molar-refractivity contribution in [3.63, 3.8) is 0 Å². The van der Waals surface area contributed by atoms with Crippen LogP contribution < -0.4 is 10.6 Å². The average Bonchev–Trinajstić information content (AvgIpc) is 2.43. The van der Waals surface area contributed by atoms with Crippen LogP contribution in [0.3, 0.4) is 0 Å². The largest absolute Gasteiger partial charge is 0.507 e. The SMILES string of the molecule is O=C(NCCC1=CCNCC1)c1ccc(I)c(O)c1. The Morgan fingerprint density at radius 1 is 1.47 bits per heavy atom. The van der Waals surface area contributed by atoms with Crippen LogP contribution in [0.15, 0.2) is 29.8 Å². The number of phenols is 1. The fourth-order valence-corrected chi connectivity index (χ4v) is 2.32. The fraction of sp³-hybridized carbons (Fsp3) is 0.357. The molecule has 19 heavy (non-hydrogen) atoms. The molecule has 1 aromatic rings. The zero-order chi connectivity index (χ0) is 13.7. The van der Waals surface area contributed by atoms with E-state index in [0.29, 0.717) is 12.1 Å². The summed E-state index contributed by atoms with van der Waals surface area (Å²) < 4.78 is 0.744. The van der Waals surface area contributed by atoms with Gasteiger partial charge in [0.15, 0.2) is 0 Å². The Balaban J connectivity index is 1.83. The Morgan fingerprint density at radius 3 is 3.00 bits per heavy atom. The molecular weight excluding hydrogens is 355 g/mol. The van der Waals surface area contributed by atoms with Gasteiger partial charge in [0.25, 0.3) is 5.91 Å². The molecule has 1 aliphatic rings. The van der Waals surface area contributed by atoms with Gasteiger partial charge in [-0.15, -0.1) is 0 Å². The number of amides is 1. The Kier molecular flexibility index (Phi) is 5.21. The lowest BCUT2D eigenvalue weighted by Crippen LogP contribution is -2.26. The minimum atomic E-state index is -0.138. The molecule has 0 spiro atoms. The van der Waals surface area contributed by atoms with Crippen LogP contribution >= 0.6 is 22.6 Å². The molecule has 3 N–H and O–H groups in total. The fourth-order valence-electron chi connectivity index (χ4n) is 1.99. The van der Waals surface area contributed by atoms with Crippen LogP contribution in [0.1, 0.15) is 23.2 Å². The van der Waals surface area contributed by atoms with E-state index in [2.05, 4.69) is 16.7 Å². The van der Waals surface area contributed by atoms with Crippen LogP contribution in [0.2, 0.25) is 0 Å². The lowest BCUT2D eigenvalue weighted by molar-refractivity contribution is 0.0953. The molecule has 0 radical (unpaired) electrons. The number of nitrogens with one attached hydrogen (secondary N) is 2. The number of phenolic OH excluding ortho intramolecular Hbond substituents is 1. The van der Waals surface area contributed by atoms with Gasteiger partial charge in [-0.25, -0.2) is 0 Å². The molecule has 0 saturated heterocycles. The summed E-state index contributed by atoms with van der Waals surface area (Å²) in [5.74, 6) is 0.00977. The zero-order valence-corrected chi connectivity index (χ0v) is 12.7. The quantitative estimate of drug-likeness (QED) is 0.560. The first-order valence-corrected chi connectivity index (χ1v) is 7.40. The van der Waals surface area contributed by atoms with Gasteiger partial charge in [-0.05, 0) is 60.2 Å². The van der Waals surface area contributed by atoms with E-state index in [1.165, 1.54) is 11.6 Å². The molecule has 0 saturated carbocycles. The van der Waals surface area contributed by atoms with E-state index in [1.54, 1.807) is 12.1 Å². The number of aromatic hydroxyl groups is 1. The lowest BCUT2D eigenvalue weighted by Gasteiger charge is -2.14. The Labute approximate surface area is 126 Å². The zero-order valence-electron chi connectivity index (χ0n) is 10.6. The van der Waals surface area contributed by atoms with E-state index in [4.69, 9.17) is 0 Å². The second-order valence-corrected chi connectivity index (χ2v) is 5.65. The maximum atomic E-state index is 11.9. The van der Waals surface area contributed by atoms with E-state index in [-0.39, 0.29) is 11.7 Å². The summed E-state index contributed by atoms with van der Waals surface area (Å²) in [5.41, 5.74) is 1.89. The molecule has 102 valence electrons. The highest BCUT2D eigenvalue weighted by atomic mass is 127. The topological polar surface area (TPSA) is 61.4 Å². The first kappa shape index (κ1) is 14.3. The van der Waals surface area contributed by atoms with E-state index < -0.39 is 0 Å². The summed E-state index contributed by atoms with van der Waals surface area (Å²) in [6.07, 6.45) is 4.14. The van der Waals surface area contributed by atoms with E-state index in [9.17, 15) is 9.90 Å². The molecule has 1 amide bonds. The van der Waals surface area contributed by atoms with Gasteiger partial charge in [0.1, 0.15) is 5.75 Å². The van der Waals surface area contributed by atoms with Crippen molar-refractivity contribution in [1.82, 2.24) is 10.6 Å². The predicted octanol–water partition coefficient (Wildman–Crippen LogP) is 2.04. The van der Waals surface area contributed by atoms with Gasteiger partial charge >= 0.3 is 0 Å². The third kappa shape index (κ3) is 4.21. The lowest BCUT2D eigenvalue weighted by atomic mass is 10.1. The third-order valence-corrected chi connectivity index (χ3v) is 4.01. The van der Waals surface area contributed by atoms with E-state index >= 15 is 0 Å². The number of benzene rings is 1. The highest BCUT2D eigenvalue weighted by Gasteiger charge is 2.08. The molecule has 1 aliphatic heterocycles. The van der Waals surface area contributed by atoms with Crippen molar-refractivity contribution in [3.8, 4) is 5.75 Å². The van der Waals surface area contributed by atoms with Gasteiger partial charge in [-0.2, -0.15) is 0 Å². The minimum absolute atomic E-state index is 0.138. The molecule has 0 atom stereocenters. The molecule has 1 aromatic carbocycles. The van der Waals surface area contributed by atoms with Crippen LogP contribution in [0.4, 0.5) is 0 Å². The number of carbonyl (C=O) groups is 1. The van der Waals surface area contributed by atoms with Gasteiger partial charge in [0, 0.05) is 18.7 Å². The average molecular weight is 372 g/mol. The van der Waals surface area contributed by atoms with Crippen LogP contribution in [-0.4, -0.2) is 30.6 Å². The molecule has 0 aliphatic carbocycles. The second-order valence-electron chi connectivity index (χ2n) is 4.49. The predicted molar refractivity (Wildman–Crippen MR) is 83.3 cm³/mol. The summed E-state index contributed by atoms with van der Waals surface area (Å²) in [5, 5.41) is 15.7. The summed E-state index contributed by atoms with van der Waals surface area (Å²) in [7, 11) is 0. The van der Waals surface area contributed by atoms with Crippen LogP contribution in [0.25, 0.3) is 0 Å². The van der Waals surface area contributed by atoms with Gasteiger partial charge in [-0.3, -0.25) is 4.79 Å². The standard InChI is InChI=1S/C14H17IN2O2/c15-12-2-1-11(9-13(12)18)14(19)17-8-5-10-3-6-16-7-4-10/h1-3,9,16,18H,4-8H2,(H,17,19). The number of halogens is 1. The van der Waals surface area contributed by atoms with Gasteiger partial charge < -0.3 is 15.7 Å². The van der Waals surface area contributed by atoms with Crippen molar-refractivity contribution >= 4 is 28.5 Å². The monoisotopic (exact) mass is 372 g/mol. The molecule has 0 unspecified atom stereocenters. The number of hydrogen-bond acceptors (Lipinski definition) is 3. The first-order valence-electron chi connectivity index (χ1n) is 6.32. The summed E-state index contributed by atoms with van der Waals surface area (Å²) in [6.45, 7) is 2.58. The van der Waals surface area contributed by atoms with Crippen molar-refractivity contribution in [2.75, 3.05) is 19.6 Å². The van der Waals surface area contributed by atoms with Gasteiger partial charge in [-0.1, -0.05) is 11.6 Å². The molecule has 0 bridgehead atoms. The van der Waals surface area contributed by atoms with Crippen molar-refractivity contribution < 1.29 is 9.90 Å². The number of rotatable bonds is 4. The van der Waals surface area contributed by atoms with Crippen molar-refractivity contribution in [1.29, 1.82) is 0 Å². The first-order chi connectivity index (χ1) is 9.16. The third-order valence-electron chi connectivity index (χ3n) is 3.10. The molecule has 2 rings (SSSR count). The van der Waals surface area contributed by atoms with Crippen LogP contribution in [-0.2, 0) is 0 Å². The van der Waals surface area contributed by atoms with Crippen molar-refractivity contribution in [2.24, 2.45) is 0 Å². The molecule has 0 aromatic heterocycles. The van der Waals surface area contributed by atoms with Crippen molar-refractivity contribution in [3.05, 3.63) is 39.0 Å². The summed E-state index contributed by atoms with van der Waals surface area (Å²) in [4.78, 5) is 11.9. The van der Waals surface area contributed by atoms with E-state index in [1.807, 2.05) is 22.6 Å². The van der Waals surface area contributed by atoms with Crippen LogP contribution in [0.5, 0.6) is 5.75 Å². The molecule has 1 heterocycles. The molecule has 0 fully saturated rings. The Morgan fingerprint density at radius 2 is 2.32 bits per heavy atom. The maximum absolute atomic E-state index is 11.9.